The maximum absolute atomic E-state index is 12.2. The Bertz CT molecular complexity index is 919. The lowest BCUT2D eigenvalue weighted by atomic mass is 10.1. The molecule has 0 aliphatic rings. The highest BCUT2D eigenvalue weighted by molar-refractivity contribution is 6.30. The Balaban J connectivity index is 2.26. The fraction of sp³-hybridized carbons (Fsp3) is 0. The van der Waals surface area contributed by atoms with E-state index in [9.17, 15) is 14.7 Å². The number of aromatic amines is 1. The summed E-state index contributed by atoms with van der Waals surface area (Å²) >= 11 is 5.85. The van der Waals surface area contributed by atoms with Gasteiger partial charge in [0.1, 0.15) is 5.82 Å². The number of halogens is 1. The van der Waals surface area contributed by atoms with Gasteiger partial charge in [0, 0.05) is 16.1 Å². The van der Waals surface area contributed by atoms with Crippen molar-refractivity contribution in [1.82, 2.24) is 9.97 Å². The topological polar surface area (TPSA) is 83.0 Å². The Morgan fingerprint density at radius 1 is 1.00 bits per heavy atom. The molecule has 2 N–H and O–H groups in total. The van der Waals surface area contributed by atoms with Gasteiger partial charge in [-0.2, -0.15) is 0 Å². The number of carboxylic acid groups (broad SMARTS) is 1. The molecule has 0 spiro atoms. The largest absolute Gasteiger partial charge is 0.477 e. The third-order valence-electron chi connectivity index (χ3n) is 3.30. The molecule has 0 saturated carbocycles. The van der Waals surface area contributed by atoms with E-state index in [2.05, 4.69) is 9.97 Å². The maximum Gasteiger partial charge on any atom is 0.343 e. The van der Waals surface area contributed by atoms with Crippen LogP contribution in [0.15, 0.2) is 59.4 Å². The lowest BCUT2D eigenvalue weighted by Gasteiger charge is -2.08. The molecule has 1 heterocycles. The number of rotatable bonds is 3. The van der Waals surface area contributed by atoms with Crippen molar-refractivity contribution in [3.8, 4) is 22.6 Å². The SMILES string of the molecule is O=C(O)c1c(-c2ccccc2)nc(-c2ccc(Cl)cc2)[nH]c1=O. The first-order valence-electron chi connectivity index (χ1n) is 6.75. The maximum atomic E-state index is 12.2. The zero-order valence-corrected chi connectivity index (χ0v) is 12.5. The minimum atomic E-state index is -1.32. The molecule has 3 aromatic rings. The lowest BCUT2D eigenvalue weighted by molar-refractivity contribution is 0.0695. The molecule has 0 radical (unpaired) electrons. The summed E-state index contributed by atoms with van der Waals surface area (Å²) in [7, 11) is 0. The van der Waals surface area contributed by atoms with Gasteiger partial charge in [-0.05, 0) is 24.3 Å². The van der Waals surface area contributed by atoms with Crippen LogP contribution in [0.2, 0.25) is 5.02 Å². The molecule has 0 aliphatic heterocycles. The molecule has 2 aromatic carbocycles. The molecule has 6 heteroatoms. The van der Waals surface area contributed by atoms with Crippen molar-refractivity contribution < 1.29 is 9.90 Å². The Morgan fingerprint density at radius 3 is 2.26 bits per heavy atom. The van der Waals surface area contributed by atoms with Gasteiger partial charge in [-0.3, -0.25) is 4.79 Å². The monoisotopic (exact) mass is 326 g/mol. The van der Waals surface area contributed by atoms with Gasteiger partial charge in [0.25, 0.3) is 5.56 Å². The summed E-state index contributed by atoms with van der Waals surface area (Å²) in [5, 5.41) is 9.89. The van der Waals surface area contributed by atoms with Crippen molar-refractivity contribution in [2.24, 2.45) is 0 Å². The second-order valence-corrected chi connectivity index (χ2v) is 5.25. The summed E-state index contributed by atoms with van der Waals surface area (Å²) < 4.78 is 0. The molecule has 0 bridgehead atoms. The van der Waals surface area contributed by atoms with Crippen molar-refractivity contribution in [2.45, 2.75) is 0 Å². The van der Waals surface area contributed by atoms with E-state index < -0.39 is 11.5 Å². The molecule has 0 aliphatic carbocycles. The minimum absolute atomic E-state index is 0.131. The van der Waals surface area contributed by atoms with Crippen LogP contribution < -0.4 is 5.56 Å². The average Bonchev–Trinajstić information content (AvgIpc) is 2.55. The Kier molecular flexibility index (Phi) is 3.95. The van der Waals surface area contributed by atoms with Crippen LogP contribution in [0, 0.1) is 0 Å². The molecule has 23 heavy (non-hydrogen) atoms. The van der Waals surface area contributed by atoms with Crippen LogP contribution >= 0.6 is 11.6 Å². The number of nitrogens with zero attached hydrogens (tertiary/aromatic N) is 1. The normalized spacial score (nSPS) is 10.5. The highest BCUT2D eigenvalue weighted by Crippen LogP contribution is 2.23. The van der Waals surface area contributed by atoms with Gasteiger partial charge >= 0.3 is 5.97 Å². The quantitative estimate of drug-likeness (QED) is 0.772. The first-order valence-corrected chi connectivity index (χ1v) is 7.13. The minimum Gasteiger partial charge on any atom is -0.477 e. The van der Waals surface area contributed by atoms with E-state index in [0.29, 0.717) is 16.1 Å². The van der Waals surface area contributed by atoms with Crippen molar-refractivity contribution in [1.29, 1.82) is 0 Å². The Hall–Kier alpha value is -2.92. The van der Waals surface area contributed by atoms with Gasteiger partial charge in [0.15, 0.2) is 5.56 Å². The zero-order chi connectivity index (χ0) is 16.4. The molecule has 5 nitrogen and oxygen atoms in total. The van der Waals surface area contributed by atoms with E-state index in [4.69, 9.17) is 11.6 Å². The predicted molar refractivity (Wildman–Crippen MR) is 87.7 cm³/mol. The van der Waals surface area contributed by atoms with Crippen molar-refractivity contribution in [3.05, 3.63) is 75.5 Å². The van der Waals surface area contributed by atoms with Crippen molar-refractivity contribution in [3.63, 3.8) is 0 Å². The van der Waals surface area contributed by atoms with E-state index in [-0.39, 0.29) is 17.1 Å². The van der Waals surface area contributed by atoms with E-state index in [1.165, 1.54) is 0 Å². The first-order chi connectivity index (χ1) is 11.1. The van der Waals surface area contributed by atoms with Gasteiger partial charge in [0.05, 0.1) is 5.69 Å². The van der Waals surface area contributed by atoms with Crippen LogP contribution in [0.1, 0.15) is 10.4 Å². The predicted octanol–water partition coefficient (Wildman–Crippen LogP) is 3.46. The highest BCUT2D eigenvalue weighted by atomic mass is 35.5. The fourth-order valence-corrected chi connectivity index (χ4v) is 2.35. The summed E-state index contributed by atoms with van der Waals surface area (Å²) in [4.78, 5) is 30.5. The van der Waals surface area contributed by atoms with E-state index in [1.54, 1.807) is 54.6 Å². The fourth-order valence-electron chi connectivity index (χ4n) is 2.22. The molecule has 3 rings (SSSR count). The Morgan fingerprint density at radius 2 is 1.65 bits per heavy atom. The number of nitrogens with one attached hydrogen (secondary N) is 1. The highest BCUT2D eigenvalue weighted by Gasteiger charge is 2.19. The van der Waals surface area contributed by atoms with Gasteiger partial charge < -0.3 is 10.1 Å². The van der Waals surface area contributed by atoms with Crippen LogP contribution in [-0.2, 0) is 0 Å². The first kappa shape index (κ1) is 15.0. The van der Waals surface area contributed by atoms with Crippen LogP contribution in [-0.4, -0.2) is 21.0 Å². The number of hydrogen-bond acceptors (Lipinski definition) is 3. The van der Waals surface area contributed by atoms with Crippen molar-refractivity contribution in [2.75, 3.05) is 0 Å². The third-order valence-corrected chi connectivity index (χ3v) is 3.55. The molecule has 0 atom stereocenters. The molecule has 0 amide bonds. The van der Waals surface area contributed by atoms with E-state index >= 15 is 0 Å². The number of carboxylic acids is 1. The lowest BCUT2D eigenvalue weighted by Crippen LogP contribution is -2.21. The summed E-state index contributed by atoms with van der Waals surface area (Å²) in [5.74, 6) is -1.03. The molecular formula is C17H11ClN2O3. The molecule has 0 unspecified atom stereocenters. The number of hydrogen-bond donors (Lipinski definition) is 2. The van der Waals surface area contributed by atoms with Gasteiger partial charge in [-0.25, -0.2) is 9.78 Å². The van der Waals surface area contributed by atoms with Crippen LogP contribution in [0.5, 0.6) is 0 Å². The summed E-state index contributed by atoms with van der Waals surface area (Å²) in [6.45, 7) is 0. The number of aromatic nitrogens is 2. The van der Waals surface area contributed by atoms with Crippen LogP contribution in [0.25, 0.3) is 22.6 Å². The van der Waals surface area contributed by atoms with Crippen LogP contribution in [0.4, 0.5) is 0 Å². The number of benzene rings is 2. The smallest absolute Gasteiger partial charge is 0.343 e. The average molecular weight is 327 g/mol. The number of carbonyl (C=O) groups is 1. The second kappa shape index (κ2) is 6.06. The summed E-state index contributed by atoms with van der Waals surface area (Å²) in [6.07, 6.45) is 0. The number of aromatic carboxylic acids is 1. The summed E-state index contributed by atoms with van der Waals surface area (Å²) in [6, 6.07) is 15.5. The molecule has 0 saturated heterocycles. The van der Waals surface area contributed by atoms with Gasteiger partial charge in [0.2, 0.25) is 0 Å². The van der Waals surface area contributed by atoms with E-state index in [0.717, 1.165) is 0 Å². The van der Waals surface area contributed by atoms with Crippen LogP contribution in [0.3, 0.4) is 0 Å². The van der Waals surface area contributed by atoms with E-state index in [1.807, 2.05) is 0 Å². The molecule has 114 valence electrons. The number of H-pyrrole nitrogens is 1. The van der Waals surface area contributed by atoms with Crippen molar-refractivity contribution >= 4 is 17.6 Å². The standard InChI is InChI=1S/C17H11ClN2O3/c18-12-8-6-11(7-9-12)15-19-14(10-4-2-1-3-5-10)13(17(22)23)16(21)20-15/h1-9H,(H,22,23)(H,19,20,21). The van der Waals surface area contributed by atoms with Gasteiger partial charge in [-0.1, -0.05) is 41.9 Å². The molecular weight excluding hydrogens is 316 g/mol. The molecule has 0 fully saturated rings. The summed E-state index contributed by atoms with van der Waals surface area (Å²) in [5.41, 5.74) is 0.254. The molecule has 1 aromatic heterocycles. The third kappa shape index (κ3) is 3.00. The second-order valence-electron chi connectivity index (χ2n) is 4.82. The Labute approximate surface area is 136 Å². The van der Waals surface area contributed by atoms with Gasteiger partial charge in [-0.15, -0.1) is 0 Å². The zero-order valence-electron chi connectivity index (χ0n) is 11.8.